The SMILES string of the molecule is CN(C)c1ccccc1Cc1ccc(C(=O)N2CCCC2)n1C. The zero-order valence-corrected chi connectivity index (χ0v) is 14.2. The van der Waals surface area contributed by atoms with Crippen LogP contribution in [0.4, 0.5) is 5.69 Å². The van der Waals surface area contributed by atoms with Crippen LogP contribution in [0.25, 0.3) is 0 Å². The van der Waals surface area contributed by atoms with E-state index in [0.29, 0.717) is 0 Å². The molecule has 4 heteroatoms. The summed E-state index contributed by atoms with van der Waals surface area (Å²) >= 11 is 0. The summed E-state index contributed by atoms with van der Waals surface area (Å²) in [4.78, 5) is 16.7. The normalized spacial score (nSPS) is 14.3. The van der Waals surface area contributed by atoms with Gasteiger partial charge < -0.3 is 14.4 Å². The zero-order valence-electron chi connectivity index (χ0n) is 14.2. The first-order chi connectivity index (χ1) is 11.1. The fourth-order valence-corrected chi connectivity index (χ4v) is 3.32. The molecule has 2 aromatic rings. The van der Waals surface area contributed by atoms with Gasteiger partial charge in [0, 0.05) is 52.0 Å². The van der Waals surface area contributed by atoms with Crippen LogP contribution in [0.1, 0.15) is 34.6 Å². The molecular formula is C19H25N3O. The van der Waals surface area contributed by atoms with Gasteiger partial charge in [0.25, 0.3) is 5.91 Å². The van der Waals surface area contributed by atoms with Crippen molar-refractivity contribution >= 4 is 11.6 Å². The second-order valence-electron chi connectivity index (χ2n) is 6.47. The zero-order chi connectivity index (χ0) is 16.4. The van der Waals surface area contributed by atoms with Gasteiger partial charge in [-0.25, -0.2) is 0 Å². The van der Waals surface area contributed by atoms with Crippen molar-refractivity contribution in [2.75, 3.05) is 32.1 Å². The smallest absolute Gasteiger partial charge is 0.270 e. The van der Waals surface area contributed by atoms with Crippen LogP contribution in [0.15, 0.2) is 36.4 Å². The van der Waals surface area contributed by atoms with Crippen LogP contribution >= 0.6 is 0 Å². The molecule has 2 heterocycles. The number of rotatable bonds is 4. The summed E-state index contributed by atoms with van der Waals surface area (Å²) in [6.45, 7) is 1.78. The lowest BCUT2D eigenvalue weighted by Gasteiger charge is -2.18. The molecule has 0 bridgehead atoms. The molecule has 23 heavy (non-hydrogen) atoms. The van der Waals surface area contributed by atoms with Gasteiger partial charge in [0.05, 0.1) is 0 Å². The molecule has 1 amide bonds. The Morgan fingerprint density at radius 2 is 1.78 bits per heavy atom. The van der Waals surface area contributed by atoms with E-state index in [0.717, 1.165) is 38.0 Å². The fourth-order valence-electron chi connectivity index (χ4n) is 3.32. The first-order valence-corrected chi connectivity index (χ1v) is 8.27. The van der Waals surface area contributed by atoms with Crippen LogP contribution < -0.4 is 4.90 Å². The van der Waals surface area contributed by atoms with Gasteiger partial charge in [-0.05, 0) is 36.6 Å². The van der Waals surface area contributed by atoms with Crippen LogP contribution in [-0.4, -0.2) is 42.6 Å². The molecule has 0 aliphatic carbocycles. The number of para-hydroxylation sites is 1. The van der Waals surface area contributed by atoms with E-state index in [1.54, 1.807) is 0 Å². The molecule has 4 nitrogen and oxygen atoms in total. The maximum atomic E-state index is 12.6. The van der Waals surface area contributed by atoms with Crippen LogP contribution in [0.2, 0.25) is 0 Å². The molecule has 1 fully saturated rings. The lowest BCUT2D eigenvalue weighted by Crippen LogP contribution is -2.29. The van der Waals surface area contributed by atoms with Crippen molar-refractivity contribution < 1.29 is 4.79 Å². The van der Waals surface area contributed by atoms with Crippen LogP contribution in [-0.2, 0) is 13.5 Å². The molecular weight excluding hydrogens is 286 g/mol. The molecule has 0 saturated carbocycles. The van der Waals surface area contributed by atoms with Crippen molar-refractivity contribution in [3.63, 3.8) is 0 Å². The van der Waals surface area contributed by atoms with E-state index < -0.39 is 0 Å². The molecule has 1 aliphatic rings. The van der Waals surface area contributed by atoms with Gasteiger partial charge in [-0.2, -0.15) is 0 Å². The number of aromatic nitrogens is 1. The third-order valence-corrected chi connectivity index (χ3v) is 4.68. The summed E-state index contributed by atoms with van der Waals surface area (Å²) in [7, 11) is 6.12. The first kappa shape index (κ1) is 15.7. The molecule has 1 aliphatic heterocycles. The predicted octanol–water partition coefficient (Wildman–Crippen LogP) is 2.92. The van der Waals surface area contributed by atoms with E-state index in [9.17, 15) is 4.79 Å². The Morgan fingerprint density at radius 3 is 2.48 bits per heavy atom. The predicted molar refractivity (Wildman–Crippen MR) is 94.1 cm³/mol. The second-order valence-corrected chi connectivity index (χ2v) is 6.47. The van der Waals surface area contributed by atoms with Crippen molar-refractivity contribution in [3.05, 3.63) is 53.3 Å². The highest BCUT2D eigenvalue weighted by Crippen LogP contribution is 2.23. The molecule has 122 valence electrons. The molecule has 3 rings (SSSR count). The molecule has 0 N–H and O–H groups in total. The molecule has 1 saturated heterocycles. The quantitative estimate of drug-likeness (QED) is 0.868. The van der Waals surface area contributed by atoms with E-state index >= 15 is 0 Å². The molecule has 1 aromatic heterocycles. The summed E-state index contributed by atoms with van der Waals surface area (Å²) in [5.74, 6) is 0.164. The highest BCUT2D eigenvalue weighted by molar-refractivity contribution is 5.93. The van der Waals surface area contributed by atoms with E-state index in [1.165, 1.54) is 16.9 Å². The number of likely N-dealkylation sites (tertiary alicyclic amines) is 1. The van der Waals surface area contributed by atoms with Crippen molar-refractivity contribution in [3.8, 4) is 0 Å². The Hall–Kier alpha value is -2.23. The number of anilines is 1. The van der Waals surface area contributed by atoms with E-state index in [2.05, 4.69) is 49.3 Å². The molecule has 0 radical (unpaired) electrons. The average molecular weight is 311 g/mol. The number of amides is 1. The number of carbonyl (C=O) groups is 1. The summed E-state index contributed by atoms with van der Waals surface area (Å²) in [6, 6.07) is 12.5. The van der Waals surface area contributed by atoms with Gasteiger partial charge in [-0.15, -0.1) is 0 Å². The maximum Gasteiger partial charge on any atom is 0.270 e. The van der Waals surface area contributed by atoms with Gasteiger partial charge in [0.1, 0.15) is 5.69 Å². The van der Waals surface area contributed by atoms with Crippen molar-refractivity contribution in [1.82, 2.24) is 9.47 Å². The number of hydrogen-bond donors (Lipinski definition) is 0. The third-order valence-electron chi connectivity index (χ3n) is 4.68. The largest absolute Gasteiger partial charge is 0.377 e. The number of hydrogen-bond acceptors (Lipinski definition) is 2. The van der Waals surface area contributed by atoms with Gasteiger partial charge in [0.2, 0.25) is 0 Å². The van der Waals surface area contributed by atoms with Gasteiger partial charge >= 0.3 is 0 Å². The lowest BCUT2D eigenvalue weighted by molar-refractivity contribution is 0.0783. The van der Waals surface area contributed by atoms with Crippen LogP contribution in [0.3, 0.4) is 0 Å². The minimum absolute atomic E-state index is 0.164. The Bertz CT molecular complexity index is 696. The number of carbonyl (C=O) groups excluding carboxylic acids is 1. The highest BCUT2D eigenvalue weighted by Gasteiger charge is 2.22. The Morgan fingerprint density at radius 1 is 1.09 bits per heavy atom. The standard InChI is InChI=1S/C19H25N3O/c1-20(2)17-9-5-4-8-15(17)14-16-10-11-18(21(16)3)19(23)22-12-6-7-13-22/h4-5,8-11H,6-7,12-14H2,1-3H3. The average Bonchev–Trinajstić information content (AvgIpc) is 3.18. The first-order valence-electron chi connectivity index (χ1n) is 8.27. The van der Waals surface area contributed by atoms with Crippen molar-refractivity contribution in [2.24, 2.45) is 7.05 Å². The second kappa shape index (κ2) is 6.49. The van der Waals surface area contributed by atoms with Crippen molar-refractivity contribution in [2.45, 2.75) is 19.3 Å². The fraction of sp³-hybridized carbons (Fsp3) is 0.421. The topological polar surface area (TPSA) is 28.5 Å². The Balaban J connectivity index is 1.84. The minimum atomic E-state index is 0.164. The number of nitrogens with zero attached hydrogens (tertiary/aromatic N) is 3. The number of benzene rings is 1. The molecule has 0 spiro atoms. The summed E-state index contributed by atoms with van der Waals surface area (Å²) in [5, 5.41) is 0. The lowest BCUT2D eigenvalue weighted by atomic mass is 10.1. The molecule has 1 aromatic carbocycles. The summed E-state index contributed by atoms with van der Waals surface area (Å²) < 4.78 is 2.05. The molecule has 0 unspecified atom stereocenters. The minimum Gasteiger partial charge on any atom is -0.377 e. The van der Waals surface area contributed by atoms with E-state index in [4.69, 9.17) is 0 Å². The summed E-state index contributed by atoms with van der Waals surface area (Å²) in [5.41, 5.74) is 4.46. The van der Waals surface area contributed by atoms with Crippen LogP contribution in [0, 0.1) is 0 Å². The van der Waals surface area contributed by atoms with Gasteiger partial charge in [-0.1, -0.05) is 18.2 Å². The highest BCUT2D eigenvalue weighted by atomic mass is 16.2. The summed E-state index contributed by atoms with van der Waals surface area (Å²) in [6.07, 6.45) is 3.08. The van der Waals surface area contributed by atoms with Crippen LogP contribution in [0.5, 0.6) is 0 Å². The van der Waals surface area contributed by atoms with E-state index in [1.807, 2.05) is 22.6 Å². The van der Waals surface area contributed by atoms with Gasteiger partial charge in [-0.3, -0.25) is 4.79 Å². The van der Waals surface area contributed by atoms with Gasteiger partial charge in [0.15, 0.2) is 0 Å². The van der Waals surface area contributed by atoms with E-state index in [-0.39, 0.29) is 5.91 Å². The maximum absolute atomic E-state index is 12.6. The monoisotopic (exact) mass is 311 g/mol. The molecule has 0 atom stereocenters. The Kier molecular flexibility index (Phi) is 4.42. The Labute approximate surface area is 138 Å². The third kappa shape index (κ3) is 3.11. The van der Waals surface area contributed by atoms with Crippen molar-refractivity contribution in [1.29, 1.82) is 0 Å².